The number of rotatable bonds is 3. The number of hydrogen-bond donors (Lipinski definition) is 1. The quantitative estimate of drug-likeness (QED) is 0.896. The number of ketones is 1. The van der Waals surface area contributed by atoms with Crippen LogP contribution in [-0.2, 0) is 9.59 Å². The molecule has 3 nitrogen and oxygen atoms in total. The largest absolute Gasteiger partial charge is 0.481 e. The lowest BCUT2D eigenvalue weighted by Gasteiger charge is -2.24. The van der Waals surface area contributed by atoms with Gasteiger partial charge in [-0.3, -0.25) is 9.59 Å². The lowest BCUT2D eigenvalue weighted by Crippen LogP contribution is -2.31. The van der Waals surface area contributed by atoms with Gasteiger partial charge < -0.3 is 5.11 Å². The van der Waals surface area contributed by atoms with Gasteiger partial charge in [0.1, 0.15) is 5.78 Å². The fourth-order valence-corrected chi connectivity index (χ4v) is 3.21. The summed E-state index contributed by atoms with van der Waals surface area (Å²) in [7, 11) is 0. The van der Waals surface area contributed by atoms with Crippen molar-refractivity contribution in [3.05, 3.63) is 30.3 Å². The average molecular weight is 250 g/mol. The van der Waals surface area contributed by atoms with Crippen LogP contribution in [0.25, 0.3) is 0 Å². The Morgan fingerprint density at radius 3 is 2.65 bits per heavy atom. The minimum atomic E-state index is -0.781. The van der Waals surface area contributed by atoms with Crippen LogP contribution in [0.4, 0.5) is 0 Å². The van der Waals surface area contributed by atoms with Crippen molar-refractivity contribution in [1.29, 1.82) is 0 Å². The molecule has 1 aliphatic rings. The summed E-state index contributed by atoms with van der Waals surface area (Å²) >= 11 is 1.48. The molecule has 0 bridgehead atoms. The summed E-state index contributed by atoms with van der Waals surface area (Å²) in [4.78, 5) is 23.7. The van der Waals surface area contributed by atoms with E-state index in [0.717, 1.165) is 4.90 Å². The molecule has 0 amide bonds. The topological polar surface area (TPSA) is 54.4 Å². The Kier molecular flexibility index (Phi) is 3.84. The predicted molar refractivity (Wildman–Crippen MR) is 66.1 cm³/mol. The number of carboxylic acid groups (broad SMARTS) is 1. The molecule has 1 saturated carbocycles. The third-order valence-electron chi connectivity index (χ3n) is 2.97. The first kappa shape index (κ1) is 12.2. The van der Waals surface area contributed by atoms with Crippen LogP contribution in [-0.4, -0.2) is 22.1 Å². The number of thioether (sulfide) groups is 1. The van der Waals surface area contributed by atoms with E-state index in [2.05, 4.69) is 0 Å². The summed E-state index contributed by atoms with van der Waals surface area (Å²) in [6.45, 7) is 0. The maximum atomic E-state index is 11.8. The maximum Gasteiger partial charge on any atom is 0.306 e. The molecule has 4 heteroatoms. The zero-order valence-corrected chi connectivity index (χ0v) is 10.2. The van der Waals surface area contributed by atoms with Gasteiger partial charge in [0.05, 0.1) is 11.2 Å². The van der Waals surface area contributed by atoms with Gasteiger partial charge in [-0.05, 0) is 25.0 Å². The van der Waals surface area contributed by atoms with Crippen molar-refractivity contribution in [2.45, 2.75) is 29.4 Å². The molecule has 2 unspecified atom stereocenters. The molecule has 0 saturated heterocycles. The minimum Gasteiger partial charge on any atom is -0.481 e. The van der Waals surface area contributed by atoms with Crippen LogP contribution >= 0.6 is 11.8 Å². The van der Waals surface area contributed by atoms with E-state index in [1.54, 1.807) is 0 Å². The molecular formula is C13H14O3S. The van der Waals surface area contributed by atoms with Crippen LogP contribution < -0.4 is 0 Å². The minimum absolute atomic E-state index is 0.177. The number of Topliss-reactive ketones (excluding diaryl/α,β-unsaturated/α-hetero) is 1. The van der Waals surface area contributed by atoms with Crippen molar-refractivity contribution in [2.24, 2.45) is 5.92 Å². The lowest BCUT2D eigenvalue weighted by molar-refractivity contribution is -0.143. The van der Waals surface area contributed by atoms with Crippen LogP contribution in [0.15, 0.2) is 35.2 Å². The highest BCUT2D eigenvalue weighted by Crippen LogP contribution is 2.34. The Hall–Kier alpha value is -1.29. The second kappa shape index (κ2) is 5.36. The maximum absolute atomic E-state index is 11.8. The zero-order chi connectivity index (χ0) is 12.3. The van der Waals surface area contributed by atoms with E-state index in [0.29, 0.717) is 19.3 Å². The first-order chi connectivity index (χ1) is 8.16. The van der Waals surface area contributed by atoms with Crippen molar-refractivity contribution < 1.29 is 14.7 Å². The number of carbonyl (C=O) groups is 2. The van der Waals surface area contributed by atoms with Crippen molar-refractivity contribution >= 4 is 23.5 Å². The second-order valence-corrected chi connectivity index (χ2v) is 5.47. The molecule has 0 radical (unpaired) electrons. The fourth-order valence-electron chi connectivity index (χ4n) is 1.99. The molecule has 1 aromatic carbocycles. The molecule has 1 N–H and O–H groups in total. The van der Waals surface area contributed by atoms with Gasteiger partial charge in [-0.25, -0.2) is 0 Å². The molecule has 17 heavy (non-hydrogen) atoms. The van der Waals surface area contributed by atoms with E-state index in [4.69, 9.17) is 5.11 Å². The zero-order valence-electron chi connectivity index (χ0n) is 9.33. The van der Waals surface area contributed by atoms with Crippen LogP contribution in [0.5, 0.6) is 0 Å². The van der Waals surface area contributed by atoms with Gasteiger partial charge in [0.2, 0.25) is 0 Å². The Morgan fingerprint density at radius 1 is 1.29 bits per heavy atom. The second-order valence-electron chi connectivity index (χ2n) is 4.20. The van der Waals surface area contributed by atoms with Crippen LogP contribution in [0.2, 0.25) is 0 Å². The molecule has 1 aromatic rings. The van der Waals surface area contributed by atoms with Gasteiger partial charge in [0, 0.05) is 11.3 Å². The highest BCUT2D eigenvalue weighted by atomic mass is 32.2. The van der Waals surface area contributed by atoms with Crippen LogP contribution in [0.1, 0.15) is 19.3 Å². The van der Waals surface area contributed by atoms with Gasteiger partial charge in [0.15, 0.2) is 0 Å². The molecule has 0 spiro atoms. The SMILES string of the molecule is O=C(O)C1CCC(=O)C(Sc2ccccc2)C1. The Bertz CT molecular complexity index is 416. The van der Waals surface area contributed by atoms with E-state index in [1.807, 2.05) is 30.3 Å². The first-order valence-electron chi connectivity index (χ1n) is 5.64. The van der Waals surface area contributed by atoms with Gasteiger partial charge in [-0.15, -0.1) is 11.8 Å². The summed E-state index contributed by atoms with van der Waals surface area (Å²) < 4.78 is 0. The number of benzene rings is 1. The first-order valence-corrected chi connectivity index (χ1v) is 6.52. The average Bonchev–Trinajstić information content (AvgIpc) is 2.33. The number of carbonyl (C=O) groups excluding carboxylic acids is 1. The van der Waals surface area contributed by atoms with Gasteiger partial charge in [-0.2, -0.15) is 0 Å². The van der Waals surface area contributed by atoms with E-state index >= 15 is 0 Å². The normalized spacial score (nSPS) is 24.6. The Balaban J connectivity index is 2.04. The molecule has 2 atom stereocenters. The third-order valence-corrected chi connectivity index (χ3v) is 4.25. The smallest absolute Gasteiger partial charge is 0.306 e. The summed E-state index contributed by atoms with van der Waals surface area (Å²) in [6.07, 6.45) is 1.33. The molecule has 90 valence electrons. The summed E-state index contributed by atoms with van der Waals surface area (Å²) in [5.41, 5.74) is 0. The highest BCUT2D eigenvalue weighted by molar-refractivity contribution is 8.00. The van der Waals surface area contributed by atoms with E-state index in [1.165, 1.54) is 11.8 Å². The van der Waals surface area contributed by atoms with Gasteiger partial charge in [-0.1, -0.05) is 18.2 Å². The van der Waals surface area contributed by atoms with Crippen molar-refractivity contribution in [2.75, 3.05) is 0 Å². The molecule has 1 aliphatic carbocycles. The van der Waals surface area contributed by atoms with Crippen molar-refractivity contribution in [3.8, 4) is 0 Å². The highest BCUT2D eigenvalue weighted by Gasteiger charge is 2.32. The molecular weight excluding hydrogens is 236 g/mol. The van der Waals surface area contributed by atoms with E-state index in [9.17, 15) is 9.59 Å². The lowest BCUT2D eigenvalue weighted by atomic mass is 9.88. The van der Waals surface area contributed by atoms with Gasteiger partial charge >= 0.3 is 5.97 Å². The van der Waals surface area contributed by atoms with Gasteiger partial charge in [0.25, 0.3) is 0 Å². The summed E-state index contributed by atoms with van der Waals surface area (Å²) in [5, 5.41) is 8.79. The Morgan fingerprint density at radius 2 is 2.00 bits per heavy atom. The van der Waals surface area contributed by atoms with Crippen molar-refractivity contribution in [1.82, 2.24) is 0 Å². The fraction of sp³-hybridized carbons (Fsp3) is 0.385. The van der Waals surface area contributed by atoms with Crippen LogP contribution in [0.3, 0.4) is 0 Å². The molecule has 2 rings (SSSR count). The Labute approximate surface area is 104 Å². The number of hydrogen-bond acceptors (Lipinski definition) is 3. The van der Waals surface area contributed by atoms with Crippen LogP contribution in [0, 0.1) is 5.92 Å². The molecule has 0 heterocycles. The standard InChI is InChI=1S/C13H14O3S/c14-11-7-6-9(13(15)16)8-12(11)17-10-4-2-1-3-5-10/h1-5,9,12H,6-8H2,(H,15,16). The third kappa shape index (κ3) is 3.09. The van der Waals surface area contributed by atoms with E-state index < -0.39 is 5.97 Å². The molecule has 1 fully saturated rings. The van der Waals surface area contributed by atoms with Crippen molar-refractivity contribution in [3.63, 3.8) is 0 Å². The number of aliphatic carboxylic acids is 1. The molecule has 0 aromatic heterocycles. The monoisotopic (exact) mass is 250 g/mol. The summed E-state index contributed by atoms with van der Waals surface area (Å²) in [5.74, 6) is -0.971. The van der Waals surface area contributed by atoms with E-state index in [-0.39, 0.29) is 17.0 Å². The molecule has 0 aliphatic heterocycles. The number of carboxylic acids is 1. The predicted octanol–water partition coefficient (Wildman–Crippen LogP) is 2.60. The summed E-state index contributed by atoms with van der Waals surface area (Å²) in [6, 6.07) is 9.66.